The maximum absolute atomic E-state index is 7.88. The number of aliphatic hydroxyl groups excluding tert-OH is 1. The van der Waals surface area contributed by atoms with Gasteiger partial charge in [0.15, 0.2) is 0 Å². The molecule has 0 saturated carbocycles. The van der Waals surface area contributed by atoms with Crippen molar-refractivity contribution in [3.8, 4) is 0 Å². The molecule has 0 atom stereocenters. The molecule has 0 rings (SSSR count). The van der Waals surface area contributed by atoms with Crippen LogP contribution in [0.3, 0.4) is 0 Å². The molecule has 0 spiro atoms. The summed E-state index contributed by atoms with van der Waals surface area (Å²) in [4.78, 5) is 0. The Balaban J connectivity index is 1.97. The van der Waals surface area contributed by atoms with Crippen molar-refractivity contribution >= 4 is 0 Å². The molecule has 0 aromatic carbocycles. The number of rotatable bonds is 1. The fourth-order valence-corrected chi connectivity index (χ4v) is 0. The van der Waals surface area contributed by atoms with E-state index < -0.39 is 0 Å². The van der Waals surface area contributed by atoms with Gasteiger partial charge in [-0.2, -0.15) is 0 Å². The van der Waals surface area contributed by atoms with E-state index >= 15 is 0 Å². The first kappa shape index (κ1) is 3.96. The van der Waals surface area contributed by atoms with Crippen LogP contribution in [0.1, 0.15) is 13.3 Å². The zero-order valence-corrected chi connectivity index (χ0v) is 2.86. The van der Waals surface area contributed by atoms with Crippen LogP contribution in [0.2, 0.25) is 0 Å². The van der Waals surface area contributed by atoms with Gasteiger partial charge in [0.2, 0.25) is 0 Å². The molecular formula is C3H8O. The van der Waals surface area contributed by atoms with Crippen LogP contribution in [-0.4, -0.2) is 11.7 Å². The van der Waals surface area contributed by atoms with Crippen LogP contribution in [0, 0.1) is 0 Å². The molecule has 0 aliphatic heterocycles. The minimum Gasteiger partial charge on any atom is -0.396 e. The van der Waals surface area contributed by atoms with Gasteiger partial charge >= 0.3 is 0 Å². The molecular weight excluding hydrogens is 54.0 g/mol. The van der Waals surface area contributed by atoms with Gasteiger partial charge in [-0.25, -0.2) is 0 Å². The van der Waals surface area contributed by atoms with Gasteiger partial charge in [0.25, 0.3) is 0 Å². The fourth-order valence-electron chi connectivity index (χ4n) is 0. The Labute approximate surface area is 26.3 Å². The first-order valence-corrected chi connectivity index (χ1v) is 1.52. The van der Waals surface area contributed by atoms with Gasteiger partial charge in [-0.1, -0.05) is 6.92 Å². The molecule has 0 aromatic rings. The lowest BCUT2D eigenvalue weighted by atomic mass is 11.2. The maximum atomic E-state index is 7.88. The number of aliphatic hydroxyl groups is 1. The first-order chi connectivity index (χ1) is 1.91. The lowest BCUT2D eigenvalue weighted by molar-refractivity contribution is 0.295. The summed E-state index contributed by atoms with van der Waals surface area (Å²) in [5.74, 6) is 0. The smallest absolute Gasteiger partial charge is 0.0428 e. The van der Waals surface area contributed by atoms with Crippen LogP contribution >= 0.6 is 0 Å². The van der Waals surface area contributed by atoms with E-state index in [4.69, 9.17) is 5.11 Å². The zero-order valence-electron chi connectivity index (χ0n) is 2.86. The van der Waals surface area contributed by atoms with E-state index in [1.54, 1.807) is 0 Å². The molecule has 0 bridgehead atoms. The SMILES string of the molecule is C[14CH2]CO. The molecule has 1 N–H and O–H groups in total. The largest absolute Gasteiger partial charge is 0.396 e. The van der Waals surface area contributed by atoms with Crippen molar-refractivity contribution in [2.24, 2.45) is 0 Å². The van der Waals surface area contributed by atoms with Crippen LogP contribution in [0.25, 0.3) is 0 Å². The van der Waals surface area contributed by atoms with Crippen molar-refractivity contribution in [1.29, 1.82) is 0 Å². The second kappa shape index (κ2) is 2.96. The van der Waals surface area contributed by atoms with Crippen LogP contribution in [-0.2, 0) is 0 Å². The van der Waals surface area contributed by atoms with Crippen molar-refractivity contribution in [3.63, 3.8) is 0 Å². The summed E-state index contributed by atoms with van der Waals surface area (Å²) in [5, 5.41) is 7.88. The van der Waals surface area contributed by atoms with Gasteiger partial charge in [0.1, 0.15) is 0 Å². The van der Waals surface area contributed by atoms with Crippen molar-refractivity contribution < 1.29 is 5.11 Å². The predicted molar refractivity (Wildman–Crippen MR) is 17.4 cm³/mol. The van der Waals surface area contributed by atoms with Crippen molar-refractivity contribution in [2.75, 3.05) is 6.61 Å². The highest BCUT2D eigenvalue weighted by molar-refractivity contribution is 4.10. The Morgan fingerprint density at radius 3 is 2.25 bits per heavy atom. The summed E-state index contributed by atoms with van der Waals surface area (Å²) < 4.78 is 0. The number of hydrogen-bond acceptors (Lipinski definition) is 1. The monoisotopic (exact) mass is 62.1 g/mol. The zero-order chi connectivity index (χ0) is 3.41. The van der Waals surface area contributed by atoms with E-state index in [2.05, 4.69) is 0 Å². The Kier molecular flexibility index (Phi) is 2.93. The van der Waals surface area contributed by atoms with Gasteiger partial charge in [-0.15, -0.1) is 0 Å². The fraction of sp³-hybridized carbons (Fsp3) is 1.00. The summed E-state index contributed by atoms with van der Waals surface area (Å²) in [6, 6.07) is 0. The molecule has 26 valence electrons. The number of hydrogen-bond donors (Lipinski definition) is 1. The van der Waals surface area contributed by atoms with Crippen molar-refractivity contribution in [1.82, 2.24) is 0 Å². The van der Waals surface area contributed by atoms with E-state index in [1.807, 2.05) is 6.92 Å². The minimum absolute atomic E-state index is 0.319. The summed E-state index contributed by atoms with van der Waals surface area (Å²) in [7, 11) is 0. The Hall–Kier alpha value is -0.0400. The Morgan fingerprint density at radius 1 is 2.00 bits per heavy atom. The molecule has 0 aliphatic carbocycles. The molecule has 0 radical (unpaired) electrons. The van der Waals surface area contributed by atoms with Gasteiger partial charge < -0.3 is 5.11 Å². The van der Waals surface area contributed by atoms with Gasteiger partial charge in [-0.05, 0) is 6.42 Å². The molecule has 0 saturated heterocycles. The highest BCUT2D eigenvalue weighted by Crippen LogP contribution is 1.61. The molecule has 0 fully saturated rings. The molecule has 0 amide bonds. The Morgan fingerprint density at radius 2 is 2.25 bits per heavy atom. The minimum atomic E-state index is 0.319. The molecule has 0 unspecified atom stereocenters. The third-order valence-corrected chi connectivity index (χ3v) is 0.224. The average molecular weight is 62.1 g/mol. The lowest BCUT2D eigenvalue weighted by Gasteiger charge is -1.69. The van der Waals surface area contributed by atoms with Crippen molar-refractivity contribution in [3.05, 3.63) is 0 Å². The third kappa shape index (κ3) is 1.96. The molecule has 4 heavy (non-hydrogen) atoms. The summed E-state index contributed by atoms with van der Waals surface area (Å²) in [5.41, 5.74) is 0. The van der Waals surface area contributed by atoms with Gasteiger partial charge in [-0.3, -0.25) is 0 Å². The van der Waals surface area contributed by atoms with E-state index in [-0.39, 0.29) is 0 Å². The van der Waals surface area contributed by atoms with E-state index in [0.29, 0.717) is 6.61 Å². The molecule has 1 heteroatoms. The first-order valence-electron chi connectivity index (χ1n) is 1.52. The van der Waals surface area contributed by atoms with E-state index in [9.17, 15) is 0 Å². The highest BCUT2D eigenvalue weighted by atomic mass is 16.3. The summed E-state index contributed by atoms with van der Waals surface area (Å²) in [6.45, 7) is 2.25. The van der Waals surface area contributed by atoms with E-state index in [0.717, 1.165) is 6.42 Å². The maximum Gasteiger partial charge on any atom is 0.0428 e. The van der Waals surface area contributed by atoms with Gasteiger partial charge in [0, 0.05) is 6.61 Å². The van der Waals surface area contributed by atoms with Crippen LogP contribution in [0.5, 0.6) is 0 Å². The summed E-state index contributed by atoms with van der Waals surface area (Å²) >= 11 is 0. The Bertz CT molecular complexity index is 5.25. The van der Waals surface area contributed by atoms with E-state index in [1.165, 1.54) is 0 Å². The lowest BCUT2D eigenvalue weighted by Crippen LogP contribution is -1.69. The molecule has 0 aliphatic rings. The second-order valence-corrected chi connectivity index (χ2v) is 0.724. The topological polar surface area (TPSA) is 20.2 Å². The molecule has 0 heterocycles. The summed E-state index contributed by atoms with van der Waals surface area (Å²) in [6.07, 6.45) is 0.875. The third-order valence-electron chi connectivity index (χ3n) is 0.224. The van der Waals surface area contributed by atoms with Crippen LogP contribution < -0.4 is 0 Å². The van der Waals surface area contributed by atoms with Gasteiger partial charge in [0.05, 0.1) is 0 Å². The average Bonchev–Trinajstić information content (AvgIpc) is 1.37. The van der Waals surface area contributed by atoms with Crippen LogP contribution in [0.15, 0.2) is 0 Å². The highest BCUT2D eigenvalue weighted by Gasteiger charge is 1.57. The molecule has 0 aromatic heterocycles. The standard InChI is InChI=1S/C3H8O/c1-2-3-4/h4H,2-3H2,1H3/i2+2. The van der Waals surface area contributed by atoms with Crippen molar-refractivity contribution in [2.45, 2.75) is 13.3 Å². The molecule has 1 nitrogen and oxygen atoms in total. The predicted octanol–water partition coefficient (Wildman–Crippen LogP) is 0.389. The quantitative estimate of drug-likeness (QED) is 0.466. The van der Waals surface area contributed by atoms with Crippen LogP contribution in [0.4, 0.5) is 0 Å². The normalized spacial score (nSPS) is 7.50. The second-order valence-electron chi connectivity index (χ2n) is 0.724.